The first-order valence-electron chi connectivity index (χ1n) is 4.81. The van der Waals surface area contributed by atoms with E-state index in [9.17, 15) is 9.18 Å². The molecular formula is C12H10BrFO2. The fraction of sp³-hybridized carbons (Fsp3) is 0.250. The zero-order valence-corrected chi connectivity index (χ0v) is 10.1. The molecular weight excluding hydrogens is 275 g/mol. The Balaban J connectivity index is 2.48. The number of cyclic esters (lactones) is 1. The molecule has 16 heavy (non-hydrogen) atoms. The van der Waals surface area contributed by atoms with Crippen molar-refractivity contribution < 1.29 is 13.9 Å². The summed E-state index contributed by atoms with van der Waals surface area (Å²) in [5, 5.41) is 0.353. The van der Waals surface area contributed by atoms with Gasteiger partial charge in [0.25, 0.3) is 0 Å². The summed E-state index contributed by atoms with van der Waals surface area (Å²) in [5.41, 5.74) is -0.180. The highest BCUT2D eigenvalue weighted by Gasteiger charge is 2.45. The summed E-state index contributed by atoms with van der Waals surface area (Å²) in [4.78, 5) is 11.4. The molecule has 1 heterocycles. The lowest BCUT2D eigenvalue weighted by Crippen LogP contribution is -2.28. The van der Waals surface area contributed by atoms with Crippen LogP contribution in [-0.2, 0) is 15.1 Å². The first-order valence-corrected chi connectivity index (χ1v) is 5.93. The maximum atomic E-state index is 13.7. The van der Waals surface area contributed by atoms with Crippen molar-refractivity contribution in [2.24, 2.45) is 0 Å². The summed E-state index contributed by atoms with van der Waals surface area (Å²) in [6, 6.07) is 6.31. The number of hydrogen-bond acceptors (Lipinski definition) is 2. The van der Waals surface area contributed by atoms with E-state index in [4.69, 9.17) is 4.74 Å². The van der Waals surface area contributed by atoms with Crippen molar-refractivity contribution in [3.63, 3.8) is 0 Å². The molecule has 1 aromatic rings. The number of carbonyl (C=O) groups excluding carboxylic acids is 1. The average molecular weight is 285 g/mol. The topological polar surface area (TPSA) is 26.3 Å². The molecule has 1 aromatic carbocycles. The molecule has 84 valence electrons. The van der Waals surface area contributed by atoms with Crippen LogP contribution in [0.5, 0.6) is 0 Å². The van der Waals surface area contributed by atoms with Gasteiger partial charge in [0.2, 0.25) is 0 Å². The van der Waals surface area contributed by atoms with Crippen molar-refractivity contribution in [3.05, 3.63) is 47.8 Å². The number of alkyl halides is 1. The summed E-state index contributed by atoms with van der Waals surface area (Å²) >= 11 is 3.27. The Morgan fingerprint density at radius 3 is 2.69 bits per heavy atom. The standard InChI is InChI=1S/C12H10BrFO2/c1-8-6-12(7-13,16-11(8)15)9-4-2-3-5-10(9)14/h2-5H,1,6-7H2. The highest BCUT2D eigenvalue weighted by atomic mass is 79.9. The van der Waals surface area contributed by atoms with E-state index < -0.39 is 11.6 Å². The van der Waals surface area contributed by atoms with E-state index in [0.29, 0.717) is 22.9 Å². The second kappa shape index (κ2) is 4.01. The molecule has 1 fully saturated rings. The minimum absolute atomic E-state index is 0.317. The fourth-order valence-electron chi connectivity index (χ4n) is 1.83. The number of hydrogen-bond donors (Lipinski definition) is 0. The van der Waals surface area contributed by atoms with E-state index in [0.717, 1.165) is 0 Å². The summed E-state index contributed by atoms with van der Waals surface area (Å²) < 4.78 is 18.9. The number of esters is 1. The van der Waals surface area contributed by atoms with Crippen LogP contribution in [0.1, 0.15) is 12.0 Å². The third-order valence-electron chi connectivity index (χ3n) is 2.66. The zero-order chi connectivity index (χ0) is 11.8. The smallest absolute Gasteiger partial charge is 0.334 e. The number of carbonyl (C=O) groups is 1. The van der Waals surface area contributed by atoms with Crippen molar-refractivity contribution in [2.45, 2.75) is 12.0 Å². The molecule has 4 heteroatoms. The van der Waals surface area contributed by atoms with Gasteiger partial charge in [-0.2, -0.15) is 0 Å². The lowest BCUT2D eigenvalue weighted by atomic mass is 9.91. The molecule has 0 radical (unpaired) electrons. The molecule has 1 saturated heterocycles. The number of halogens is 2. The van der Waals surface area contributed by atoms with Crippen molar-refractivity contribution >= 4 is 21.9 Å². The predicted octanol–water partition coefficient (Wildman–Crippen LogP) is 2.92. The molecule has 1 aliphatic rings. The molecule has 0 aliphatic carbocycles. The van der Waals surface area contributed by atoms with Gasteiger partial charge in [0, 0.05) is 22.9 Å². The normalized spacial score (nSPS) is 24.6. The molecule has 2 nitrogen and oxygen atoms in total. The average Bonchev–Trinajstić information content (AvgIpc) is 2.56. The van der Waals surface area contributed by atoms with Crippen LogP contribution in [0.2, 0.25) is 0 Å². The van der Waals surface area contributed by atoms with Gasteiger partial charge in [-0.15, -0.1) is 0 Å². The number of benzene rings is 1. The Kier molecular flexibility index (Phi) is 2.84. The first kappa shape index (κ1) is 11.3. The van der Waals surface area contributed by atoms with E-state index in [-0.39, 0.29) is 5.82 Å². The SMILES string of the molecule is C=C1CC(CBr)(c2ccccc2F)OC1=O. The highest BCUT2D eigenvalue weighted by molar-refractivity contribution is 9.09. The van der Waals surface area contributed by atoms with Crippen LogP contribution >= 0.6 is 15.9 Å². The van der Waals surface area contributed by atoms with Gasteiger partial charge in [-0.3, -0.25) is 0 Å². The summed E-state index contributed by atoms with van der Waals surface area (Å²) in [7, 11) is 0. The van der Waals surface area contributed by atoms with Gasteiger partial charge < -0.3 is 4.74 Å². The minimum atomic E-state index is -0.945. The lowest BCUT2D eigenvalue weighted by Gasteiger charge is -2.25. The van der Waals surface area contributed by atoms with Crippen LogP contribution < -0.4 is 0 Å². The third-order valence-corrected chi connectivity index (χ3v) is 3.56. The van der Waals surface area contributed by atoms with Crippen LogP contribution in [0.15, 0.2) is 36.4 Å². The number of ether oxygens (including phenoxy) is 1. The number of rotatable bonds is 2. The Morgan fingerprint density at radius 2 is 2.19 bits per heavy atom. The lowest BCUT2D eigenvalue weighted by molar-refractivity contribution is -0.145. The third kappa shape index (κ3) is 1.67. The first-order chi connectivity index (χ1) is 7.59. The molecule has 0 saturated carbocycles. The van der Waals surface area contributed by atoms with E-state index in [1.165, 1.54) is 6.07 Å². The monoisotopic (exact) mass is 284 g/mol. The molecule has 0 amide bonds. The van der Waals surface area contributed by atoms with Crippen LogP contribution in [0, 0.1) is 5.82 Å². The minimum Gasteiger partial charge on any atom is -0.449 e. The Morgan fingerprint density at radius 1 is 1.50 bits per heavy atom. The molecule has 1 aliphatic heterocycles. The van der Waals surface area contributed by atoms with Crippen LogP contribution in [0.4, 0.5) is 4.39 Å². The van der Waals surface area contributed by atoms with Gasteiger partial charge in [-0.1, -0.05) is 40.7 Å². The second-order valence-corrected chi connectivity index (χ2v) is 4.34. The molecule has 2 rings (SSSR count). The van der Waals surface area contributed by atoms with Gasteiger partial charge in [0.15, 0.2) is 5.60 Å². The molecule has 0 spiro atoms. The molecule has 1 unspecified atom stereocenters. The zero-order valence-electron chi connectivity index (χ0n) is 8.50. The van der Waals surface area contributed by atoms with E-state index in [1.807, 2.05) is 0 Å². The van der Waals surface area contributed by atoms with Crippen molar-refractivity contribution in [3.8, 4) is 0 Å². The second-order valence-electron chi connectivity index (χ2n) is 3.78. The molecule has 0 N–H and O–H groups in total. The molecule has 1 atom stereocenters. The predicted molar refractivity (Wildman–Crippen MR) is 61.7 cm³/mol. The van der Waals surface area contributed by atoms with Gasteiger partial charge in [0.05, 0.1) is 0 Å². The van der Waals surface area contributed by atoms with Gasteiger partial charge in [-0.25, -0.2) is 9.18 Å². The molecule has 0 aromatic heterocycles. The van der Waals surface area contributed by atoms with Crippen molar-refractivity contribution in [1.29, 1.82) is 0 Å². The summed E-state index contributed by atoms with van der Waals surface area (Å²) in [5.74, 6) is -0.827. The van der Waals surface area contributed by atoms with Crippen molar-refractivity contribution in [1.82, 2.24) is 0 Å². The Hall–Kier alpha value is -1.16. The van der Waals surface area contributed by atoms with E-state index in [1.54, 1.807) is 18.2 Å². The maximum Gasteiger partial charge on any atom is 0.334 e. The highest BCUT2D eigenvalue weighted by Crippen LogP contribution is 2.41. The summed E-state index contributed by atoms with van der Waals surface area (Å²) in [6.07, 6.45) is 0.317. The van der Waals surface area contributed by atoms with E-state index in [2.05, 4.69) is 22.5 Å². The van der Waals surface area contributed by atoms with Crippen molar-refractivity contribution in [2.75, 3.05) is 5.33 Å². The van der Waals surface area contributed by atoms with E-state index >= 15 is 0 Å². The summed E-state index contributed by atoms with van der Waals surface area (Å²) in [6.45, 7) is 3.62. The van der Waals surface area contributed by atoms with Crippen LogP contribution in [0.25, 0.3) is 0 Å². The Bertz CT molecular complexity index is 440. The maximum absolute atomic E-state index is 13.7. The molecule has 0 bridgehead atoms. The Labute approximate surface area is 101 Å². The van der Waals surface area contributed by atoms with Crippen LogP contribution in [-0.4, -0.2) is 11.3 Å². The quantitative estimate of drug-likeness (QED) is 0.474. The fourth-order valence-corrected chi connectivity index (χ4v) is 2.44. The van der Waals surface area contributed by atoms with Gasteiger partial charge in [0.1, 0.15) is 5.82 Å². The largest absolute Gasteiger partial charge is 0.449 e. The van der Waals surface area contributed by atoms with Gasteiger partial charge in [-0.05, 0) is 6.07 Å². The van der Waals surface area contributed by atoms with Crippen LogP contribution in [0.3, 0.4) is 0 Å². The van der Waals surface area contributed by atoms with Gasteiger partial charge >= 0.3 is 5.97 Å².